The molecule has 0 radical (unpaired) electrons. The molecule has 7 nitrogen and oxygen atoms in total. The van der Waals surface area contributed by atoms with Crippen LogP contribution in [0.3, 0.4) is 0 Å². The predicted molar refractivity (Wildman–Crippen MR) is 109 cm³/mol. The Hall–Kier alpha value is -2.01. The van der Waals surface area contributed by atoms with E-state index >= 15 is 0 Å². The fourth-order valence-electron chi connectivity index (χ4n) is 3.41. The second kappa shape index (κ2) is 8.39. The van der Waals surface area contributed by atoms with E-state index in [0.717, 1.165) is 50.4 Å². The highest BCUT2D eigenvalue weighted by molar-refractivity contribution is 7.91. The molecule has 1 aliphatic heterocycles. The van der Waals surface area contributed by atoms with Gasteiger partial charge in [0.15, 0.2) is 9.84 Å². The van der Waals surface area contributed by atoms with Gasteiger partial charge < -0.3 is 5.32 Å². The summed E-state index contributed by atoms with van der Waals surface area (Å²) >= 11 is 0. The highest BCUT2D eigenvalue weighted by atomic mass is 32.2. The third kappa shape index (κ3) is 5.75. The summed E-state index contributed by atoms with van der Waals surface area (Å²) in [4.78, 5) is 1.93. The van der Waals surface area contributed by atoms with E-state index < -0.39 is 19.9 Å². The molecule has 3 rings (SSSR count). The number of nitrogens with zero attached hydrogens (tertiary/aromatic N) is 1. The first kappa shape index (κ1) is 21.7. The van der Waals surface area contributed by atoms with Crippen molar-refractivity contribution in [2.75, 3.05) is 24.7 Å². The largest absolute Gasteiger partial charge is 0.381 e. The molecule has 0 aliphatic carbocycles. The van der Waals surface area contributed by atoms with Crippen LogP contribution in [0.5, 0.6) is 0 Å². The van der Waals surface area contributed by atoms with Crippen LogP contribution in [-0.4, -0.2) is 47.1 Å². The molecule has 0 unspecified atom stereocenters. The topological polar surface area (TPSA) is 110 Å². The summed E-state index contributed by atoms with van der Waals surface area (Å²) in [7, 11) is -7.64. The summed E-state index contributed by atoms with van der Waals surface area (Å²) in [5, 5.41) is 8.36. The van der Waals surface area contributed by atoms with Gasteiger partial charge in [0.1, 0.15) is 5.82 Å². The number of benzene rings is 2. The number of likely N-dealkylation sites (tertiary alicyclic amines) is 1. The van der Waals surface area contributed by atoms with Crippen LogP contribution in [-0.2, 0) is 26.4 Å². The standard InChI is InChI=1S/C19H24FN3O4S2/c1-28(24,25)19-12-17(29(21,26)27)6-7-18(19)22-16-8-10-23(11-9-16)13-14-2-4-15(20)5-3-14/h2-7,12,16,22H,8-11,13H2,1H3,(H2,21,26,27). The second-order valence-electron chi connectivity index (χ2n) is 7.30. The second-order valence-corrected chi connectivity index (χ2v) is 10.8. The minimum absolute atomic E-state index is 0.0558. The molecule has 0 bridgehead atoms. The summed E-state index contributed by atoms with van der Waals surface area (Å²) in [6.07, 6.45) is 2.62. The number of hydrogen-bond donors (Lipinski definition) is 2. The number of halogens is 1. The van der Waals surface area contributed by atoms with Gasteiger partial charge in [-0.05, 0) is 48.7 Å². The van der Waals surface area contributed by atoms with Gasteiger partial charge in [0.25, 0.3) is 0 Å². The molecule has 0 aromatic heterocycles. The van der Waals surface area contributed by atoms with Crippen LogP contribution in [0, 0.1) is 5.82 Å². The lowest BCUT2D eigenvalue weighted by molar-refractivity contribution is 0.211. The Morgan fingerprint density at radius 1 is 1.07 bits per heavy atom. The highest BCUT2D eigenvalue weighted by Gasteiger charge is 2.23. The van der Waals surface area contributed by atoms with E-state index in [2.05, 4.69) is 10.2 Å². The molecule has 2 aromatic carbocycles. The number of nitrogens with two attached hydrogens (primary N) is 1. The maximum atomic E-state index is 13.0. The van der Waals surface area contributed by atoms with Gasteiger partial charge >= 0.3 is 0 Å². The summed E-state index contributed by atoms with van der Waals surface area (Å²) < 4.78 is 60.4. The molecular formula is C19H24FN3O4S2. The zero-order valence-electron chi connectivity index (χ0n) is 16.0. The predicted octanol–water partition coefficient (Wildman–Crippen LogP) is 1.95. The Labute approximate surface area is 170 Å². The van der Waals surface area contributed by atoms with E-state index in [9.17, 15) is 21.2 Å². The van der Waals surface area contributed by atoms with Crippen molar-refractivity contribution in [1.82, 2.24) is 4.90 Å². The van der Waals surface area contributed by atoms with Crippen molar-refractivity contribution in [3.8, 4) is 0 Å². The summed E-state index contributed by atoms with van der Waals surface area (Å²) in [5.74, 6) is -0.258. The normalized spacial score (nSPS) is 16.7. The van der Waals surface area contributed by atoms with E-state index in [1.807, 2.05) is 0 Å². The summed E-state index contributed by atoms with van der Waals surface area (Å²) in [6.45, 7) is 2.33. The number of sulfone groups is 1. The van der Waals surface area contributed by atoms with Crippen molar-refractivity contribution < 1.29 is 21.2 Å². The third-order valence-electron chi connectivity index (χ3n) is 4.95. The van der Waals surface area contributed by atoms with Gasteiger partial charge in [0.05, 0.1) is 15.5 Å². The molecular weight excluding hydrogens is 417 g/mol. The minimum atomic E-state index is -4.00. The first-order chi connectivity index (χ1) is 13.5. The number of anilines is 1. The lowest BCUT2D eigenvalue weighted by Gasteiger charge is -2.33. The monoisotopic (exact) mass is 441 g/mol. The highest BCUT2D eigenvalue weighted by Crippen LogP contribution is 2.27. The average Bonchev–Trinajstić information content (AvgIpc) is 2.64. The molecule has 3 N–H and O–H groups in total. The van der Waals surface area contributed by atoms with Gasteiger partial charge in [-0.2, -0.15) is 0 Å². The van der Waals surface area contributed by atoms with Crippen molar-refractivity contribution in [3.63, 3.8) is 0 Å². The quantitative estimate of drug-likeness (QED) is 0.709. The molecule has 158 valence electrons. The fraction of sp³-hybridized carbons (Fsp3) is 0.368. The van der Waals surface area contributed by atoms with Gasteiger partial charge in [-0.3, -0.25) is 4.90 Å². The Kier molecular flexibility index (Phi) is 6.27. The lowest BCUT2D eigenvalue weighted by Crippen LogP contribution is -2.38. The molecule has 0 spiro atoms. The molecule has 0 amide bonds. The first-order valence-electron chi connectivity index (χ1n) is 9.12. The van der Waals surface area contributed by atoms with Crippen molar-refractivity contribution in [2.24, 2.45) is 5.14 Å². The number of primary sulfonamides is 1. The van der Waals surface area contributed by atoms with Gasteiger partial charge in [0, 0.05) is 31.9 Å². The number of sulfonamides is 1. The van der Waals surface area contributed by atoms with E-state index in [0.29, 0.717) is 5.69 Å². The van der Waals surface area contributed by atoms with E-state index in [1.165, 1.54) is 24.3 Å². The number of hydrogen-bond acceptors (Lipinski definition) is 6. The Balaban J connectivity index is 1.67. The fourth-order valence-corrected chi connectivity index (χ4v) is 4.89. The van der Waals surface area contributed by atoms with Crippen LogP contribution in [0.25, 0.3) is 0 Å². The Bertz CT molecular complexity index is 1080. The lowest BCUT2D eigenvalue weighted by atomic mass is 10.0. The van der Waals surface area contributed by atoms with Crippen molar-refractivity contribution in [2.45, 2.75) is 35.2 Å². The zero-order chi connectivity index (χ0) is 21.2. The van der Waals surface area contributed by atoms with Gasteiger partial charge in [-0.25, -0.2) is 26.4 Å². The van der Waals surface area contributed by atoms with Crippen molar-refractivity contribution >= 4 is 25.5 Å². The van der Waals surface area contributed by atoms with Crippen LogP contribution < -0.4 is 10.5 Å². The van der Waals surface area contributed by atoms with E-state index in [4.69, 9.17) is 5.14 Å². The van der Waals surface area contributed by atoms with Gasteiger partial charge in [-0.1, -0.05) is 12.1 Å². The van der Waals surface area contributed by atoms with Gasteiger partial charge in [-0.15, -0.1) is 0 Å². The molecule has 1 fully saturated rings. The van der Waals surface area contributed by atoms with E-state index in [-0.39, 0.29) is 21.7 Å². The SMILES string of the molecule is CS(=O)(=O)c1cc(S(N)(=O)=O)ccc1NC1CCN(Cc2ccc(F)cc2)CC1. The Morgan fingerprint density at radius 2 is 1.69 bits per heavy atom. The molecule has 29 heavy (non-hydrogen) atoms. The number of rotatable bonds is 6. The molecule has 1 saturated heterocycles. The van der Waals surface area contributed by atoms with Crippen LogP contribution in [0.4, 0.5) is 10.1 Å². The molecule has 0 atom stereocenters. The average molecular weight is 442 g/mol. The first-order valence-corrected chi connectivity index (χ1v) is 12.6. The minimum Gasteiger partial charge on any atom is -0.381 e. The number of piperidine rings is 1. The maximum absolute atomic E-state index is 13.0. The van der Waals surface area contributed by atoms with Gasteiger partial charge in [0.2, 0.25) is 10.0 Å². The maximum Gasteiger partial charge on any atom is 0.238 e. The van der Waals surface area contributed by atoms with Crippen LogP contribution in [0.1, 0.15) is 18.4 Å². The molecule has 1 heterocycles. The van der Waals surface area contributed by atoms with E-state index in [1.54, 1.807) is 12.1 Å². The zero-order valence-corrected chi connectivity index (χ0v) is 17.6. The molecule has 1 aliphatic rings. The van der Waals surface area contributed by atoms with Crippen molar-refractivity contribution in [1.29, 1.82) is 0 Å². The summed E-state index contributed by atoms with van der Waals surface area (Å²) in [5.41, 5.74) is 1.41. The van der Waals surface area contributed by atoms with Crippen LogP contribution >= 0.6 is 0 Å². The number of nitrogens with one attached hydrogen (secondary N) is 1. The smallest absolute Gasteiger partial charge is 0.238 e. The third-order valence-corrected chi connectivity index (χ3v) is 7.00. The Morgan fingerprint density at radius 3 is 2.24 bits per heavy atom. The molecule has 0 saturated carbocycles. The molecule has 10 heteroatoms. The van der Waals surface area contributed by atoms with Crippen LogP contribution in [0.15, 0.2) is 52.3 Å². The summed E-state index contributed by atoms with van der Waals surface area (Å²) in [6, 6.07) is 10.3. The molecule has 2 aromatic rings. The van der Waals surface area contributed by atoms with Crippen LogP contribution in [0.2, 0.25) is 0 Å². The van der Waals surface area contributed by atoms with Crippen molar-refractivity contribution in [3.05, 3.63) is 53.8 Å².